The second-order valence-corrected chi connectivity index (χ2v) is 4.76. The zero-order valence-electron chi connectivity index (χ0n) is 12.2. The number of aryl methyl sites for hydroxylation is 1. The molecule has 0 aliphatic heterocycles. The number of carbonyl (C=O) groups excluding carboxylic acids is 1. The van der Waals surface area contributed by atoms with Gasteiger partial charge in [-0.15, -0.1) is 0 Å². The van der Waals surface area contributed by atoms with Crippen LogP contribution in [0, 0.1) is 0 Å². The Kier molecular flexibility index (Phi) is 4.00. The number of imidazole rings is 1. The van der Waals surface area contributed by atoms with E-state index in [-0.39, 0.29) is 5.91 Å². The van der Waals surface area contributed by atoms with Crippen LogP contribution in [-0.2, 0) is 13.0 Å². The molecule has 112 valence electrons. The molecule has 6 nitrogen and oxygen atoms in total. The number of para-hydroxylation sites is 1. The molecular formula is C16H16N4O2. The van der Waals surface area contributed by atoms with Gasteiger partial charge in [0.25, 0.3) is 5.91 Å². The molecule has 2 aromatic heterocycles. The lowest BCUT2D eigenvalue weighted by molar-refractivity contribution is 0.0944. The van der Waals surface area contributed by atoms with Crippen molar-refractivity contribution in [2.75, 3.05) is 0 Å². The third-order valence-electron chi connectivity index (χ3n) is 3.39. The van der Waals surface area contributed by atoms with Crippen LogP contribution in [0.1, 0.15) is 28.7 Å². The highest BCUT2D eigenvalue weighted by Gasteiger charge is 2.15. The molecule has 0 bridgehead atoms. The first-order valence-electron chi connectivity index (χ1n) is 7.06. The number of amides is 1. The molecule has 1 N–H and O–H groups in total. The number of aromatic nitrogens is 3. The Labute approximate surface area is 127 Å². The van der Waals surface area contributed by atoms with Gasteiger partial charge < -0.3 is 14.3 Å². The SMILES string of the molecule is CCc1ocnc1C(=O)NCc1ccccc1-n1ccnc1. The second kappa shape index (κ2) is 6.26. The zero-order chi connectivity index (χ0) is 15.4. The number of nitrogens with zero attached hydrogens (tertiary/aromatic N) is 3. The first-order valence-corrected chi connectivity index (χ1v) is 7.06. The molecule has 2 heterocycles. The maximum atomic E-state index is 12.2. The zero-order valence-corrected chi connectivity index (χ0v) is 12.2. The average molecular weight is 296 g/mol. The average Bonchev–Trinajstić information content (AvgIpc) is 3.23. The van der Waals surface area contributed by atoms with Crippen LogP contribution in [0.25, 0.3) is 5.69 Å². The number of oxazole rings is 1. The summed E-state index contributed by atoms with van der Waals surface area (Å²) in [6.07, 6.45) is 7.25. The van der Waals surface area contributed by atoms with E-state index in [1.807, 2.05) is 42.0 Å². The van der Waals surface area contributed by atoms with Crippen molar-refractivity contribution in [2.24, 2.45) is 0 Å². The van der Waals surface area contributed by atoms with Crippen molar-refractivity contribution in [3.63, 3.8) is 0 Å². The normalized spacial score (nSPS) is 10.6. The van der Waals surface area contributed by atoms with Crippen molar-refractivity contribution in [3.05, 3.63) is 66.4 Å². The molecule has 0 fully saturated rings. The predicted molar refractivity (Wildman–Crippen MR) is 80.6 cm³/mol. The van der Waals surface area contributed by atoms with E-state index in [0.29, 0.717) is 24.4 Å². The maximum Gasteiger partial charge on any atom is 0.273 e. The Morgan fingerprint density at radius 1 is 1.36 bits per heavy atom. The standard InChI is InChI=1S/C16H16N4O2/c1-2-14-15(19-11-22-14)16(21)18-9-12-5-3-4-6-13(12)20-8-7-17-10-20/h3-8,10-11H,2,9H2,1H3,(H,18,21). The van der Waals surface area contributed by atoms with Gasteiger partial charge in [0.2, 0.25) is 0 Å². The van der Waals surface area contributed by atoms with E-state index in [1.54, 1.807) is 12.5 Å². The number of hydrogen-bond donors (Lipinski definition) is 1. The van der Waals surface area contributed by atoms with Crippen LogP contribution in [0.2, 0.25) is 0 Å². The van der Waals surface area contributed by atoms with Crippen LogP contribution >= 0.6 is 0 Å². The topological polar surface area (TPSA) is 73.0 Å². The maximum absolute atomic E-state index is 12.2. The summed E-state index contributed by atoms with van der Waals surface area (Å²) in [4.78, 5) is 20.2. The largest absolute Gasteiger partial charge is 0.448 e. The summed E-state index contributed by atoms with van der Waals surface area (Å²) in [5.41, 5.74) is 2.33. The van der Waals surface area contributed by atoms with Gasteiger partial charge >= 0.3 is 0 Å². The predicted octanol–water partition coefficient (Wildman–Crippen LogP) is 2.35. The van der Waals surface area contributed by atoms with E-state index >= 15 is 0 Å². The molecule has 0 aliphatic rings. The lowest BCUT2D eigenvalue weighted by Crippen LogP contribution is -2.24. The number of carbonyl (C=O) groups is 1. The van der Waals surface area contributed by atoms with Crippen LogP contribution in [0.5, 0.6) is 0 Å². The second-order valence-electron chi connectivity index (χ2n) is 4.76. The van der Waals surface area contributed by atoms with E-state index in [9.17, 15) is 4.79 Å². The van der Waals surface area contributed by atoms with Gasteiger partial charge in [0.1, 0.15) is 5.76 Å². The molecule has 22 heavy (non-hydrogen) atoms. The fourth-order valence-electron chi connectivity index (χ4n) is 2.28. The van der Waals surface area contributed by atoms with E-state index in [2.05, 4.69) is 15.3 Å². The first-order chi connectivity index (χ1) is 10.8. The van der Waals surface area contributed by atoms with E-state index in [0.717, 1.165) is 11.3 Å². The minimum atomic E-state index is -0.231. The summed E-state index contributed by atoms with van der Waals surface area (Å²) in [5.74, 6) is 0.367. The van der Waals surface area contributed by atoms with E-state index in [1.165, 1.54) is 6.39 Å². The summed E-state index contributed by atoms with van der Waals surface area (Å²) < 4.78 is 7.10. The summed E-state index contributed by atoms with van der Waals surface area (Å²) in [6.45, 7) is 2.33. The molecule has 0 saturated heterocycles. The van der Waals surface area contributed by atoms with Crippen LogP contribution in [0.4, 0.5) is 0 Å². The molecule has 0 radical (unpaired) electrons. The summed E-state index contributed by atoms with van der Waals surface area (Å²) >= 11 is 0. The fraction of sp³-hybridized carbons (Fsp3) is 0.188. The lowest BCUT2D eigenvalue weighted by Gasteiger charge is -2.10. The molecule has 0 atom stereocenters. The monoisotopic (exact) mass is 296 g/mol. The summed E-state index contributed by atoms with van der Waals surface area (Å²) in [5, 5.41) is 2.88. The van der Waals surface area contributed by atoms with Crippen molar-refractivity contribution in [3.8, 4) is 5.69 Å². The van der Waals surface area contributed by atoms with E-state index in [4.69, 9.17) is 4.42 Å². The molecule has 1 amide bonds. The number of benzene rings is 1. The molecule has 0 saturated carbocycles. The molecule has 6 heteroatoms. The van der Waals surface area contributed by atoms with Crippen LogP contribution in [-0.4, -0.2) is 20.4 Å². The third-order valence-corrected chi connectivity index (χ3v) is 3.39. The van der Waals surface area contributed by atoms with Crippen LogP contribution in [0.15, 0.2) is 53.8 Å². The minimum Gasteiger partial charge on any atom is -0.448 e. The Hall–Kier alpha value is -2.89. The highest BCUT2D eigenvalue weighted by Crippen LogP contribution is 2.14. The minimum absolute atomic E-state index is 0.231. The van der Waals surface area contributed by atoms with Gasteiger partial charge in [-0.3, -0.25) is 4.79 Å². The third kappa shape index (κ3) is 2.76. The van der Waals surface area contributed by atoms with Gasteiger partial charge in [0, 0.05) is 25.4 Å². The van der Waals surface area contributed by atoms with Crippen LogP contribution < -0.4 is 5.32 Å². The highest BCUT2D eigenvalue weighted by atomic mass is 16.3. The summed E-state index contributed by atoms with van der Waals surface area (Å²) in [7, 11) is 0. The molecule has 0 unspecified atom stereocenters. The highest BCUT2D eigenvalue weighted by molar-refractivity contribution is 5.93. The Balaban J connectivity index is 1.76. The van der Waals surface area contributed by atoms with Gasteiger partial charge in [0.05, 0.1) is 12.0 Å². The number of rotatable bonds is 5. The smallest absolute Gasteiger partial charge is 0.273 e. The van der Waals surface area contributed by atoms with Crippen molar-refractivity contribution in [1.29, 1.82) is 0 Å². The molecule has 3 aromatic rings. The Morgan fingerprint density at radius 3 is 3.00 bits per heavy atom. The summed E-state index contributed by atoms with van der Waals surface area (Å²) in [6, 6.07) is 7.85. The van der Waals surface area contributed by atoms with Crippen molar-refractivity contribution in [1.82, 2.24) is 19.9 Å². The first kappa shape index (κ1) is 14.1. The van der Waals surface area contributed by atoms with E-state index < -0.39 is 0 Å². The number of hydrogen-bond acceptors (Lipinski definition) is 4. The molecule has 0 spiro atoms. The van der Waals surface area contributed by atoms with Gasteiger partial charge in [-0.1, -0.05) is 25.1 Å². The Bertz CT molecular complexity index is 762. The molecule has 0 aliphatic carbocycles. The molecule has 1 aromatic carbocycles. The van der Waals surface area contributed by atoms with Crippen molar-refractivity contribution >= 4 is 5.91 Å². The number of nitrogens with one attached hydrogen (secondary N) is 1. The lowest BCUT2D eigenvalue weighted by atomic mass is 10.1. The van der Waals surface area contributed by atoms with Gasteiger partial charge in [-0.05, 0) is 11.6 Å². The van der Waals surface area contributed by atoms with Gasteiger partial charge in [-0.25, -0.2) is 9.97 Å². The van der Waals surface area contributed by atoms with Crippen molar-refractivity contribution in [2.45, 2.75) is 19.9 Å². The fourth-order valence-corrected chi connectivity index (χ4v) is 2.28. The van der Waals surface area contributed by atoms with Gasteiger partial charge in [0.15, 0.2) is 12.1 Å². The Morgan fingerprint density at radius 2 is 2.23 bits per heavy atom. The molecular weight excluding hydrogens is 280 g/mol. The quantitative estimate of drug-likeness (QED) is 0.784. The van der Waals surface area contributed by atoms with Gasteiger partial charge in [-0.2, -0.15) is 0 Å². The molecule has 3 rings (SSSR count). The van der Waals surface area contributed by atoms with Crippen LogP contribution in [0.3, 0.4) is 0 Å². The van der Waals surface area contributed by atoms with Crippen molar-refractivity contribution < 1.29 is 9.21 Å².